The van der Waals surface area contributed by atoms with Crippen LogP contribution in [0.4, 0.5) is 5.82 Å². The number of benzene rings is 2. The molecule has 2 heterocycles. The van der Waals surface area contributed by atoms with E-state index in [9.17, 15) is 14.7 Å². The molecule has 1 N–H and O–H groups in total. The number of ketones is 1. The van der Waals surface area contributed by atoms with Crippen LogP contribution in [0.25, 0.3) is 5.76 Å². The van der Waals surface area contributed by atoms with Crippen LogP contribution in [0.1, 0.15) is 22.9 Å². The van der Waals surface area contributed by atoms with Gasteiger partial charge in [0.05, 0.1) is 24.8 Å². The van der Waals surface area contributed by atoms with E-state index in [4.69, 9.17) is 25.6 Å². The molecule has 2 aromatic carbocycles. The molecular weight excluding hydrogens is 436 g/mol. The second-order valence-electron chi connectivity index (χ2n) is 7.06. The van der Waals surface area contributed by atoms with Crippen LogP contribution in [-0.4, -0.2) is 36.2 Å². The van der Waals surface area contributed by atoms with E-state index in [0.29, 0.717) is 22.8 Å². The zero-order valence-electron chi connectivity index (χ0n) is 17.5. The summed E-state index contributed by atoms with van der Waals surface area (Å²) < 4.78 is 15.7. The molecule has 0 bridgehead atoms. The molecule has 1 aliphatic rings. The number of hydrogen-bond acceptors (Lipinski definition) is 7. The molecule has 1 saturated heterocycles. The molecule has 1 unspecified atom stereocenters. The SMILES string of the molecule is COc1ccc(/C(O)=C2\C(=O)C(=O)N(c3cc(C)on3)C2c2ccccc2OC)cc1Cl. The zero-order chi connectivity index (χ0) is 23.0. The fourth-order valence-corrected chi connectivity index (χ4v) is 3.95. The predicted molar refractivity (Wildman–Crippen MR) is 117 cm³/mol. The number of aromatic nitrogens is 1. The smallest absolute Gasteiger partial charge is 0.301 e. The highest BCUT2D eigenvalue weighted by Crippen LogP contribution is 2.45. The number of aryl methyl sites for hydroxylation is 1. The molecule has 3 aromatic rings. The van der Waals surface area contributed by atoms with Gasteiger partial charge >= 0.3 is 5.91 Å². The summed E-state index contributed by atoms with van der Waals surface area (Å²) in [7, 11) is 2.95. The lowest BCUT2D eigenvalue weighted by Gasteiger charge is -2.24. The minimum Gasteiger partial charge on any atom is -0.507 e. The van der Waals surface area contributed by atoms with Crippen molar-refractivity contribution in [2.24, 2.45) is 0 Å². The Hall–Kier alpha value is -3.78. The molecule has 0 spiro atoms. The number of aliphatic hydroxyl groups is 1. The van der Waals surface area contributed by atoms with Crippen molar-refractivity contribution in [3.05, 3.63) is 76.0 Å². The first-order valence-electron chi connectivity index (χ1n) is 9.58. The Kier molecular flexibility index (Phi) is 5.63. The Balaban J connectivity index is 1.97. The van der Waals surface area contributed by atoms with E-state index in [1.807, 2.05) is 0 Å². The quantitative estimate of drug-likeness (QED) is 0.348. The number of rotatable bonds is 5. The first-order chi connectivity index (χ1) is 15.4. The number of ether oxygens (including phenoxy) is 2. The number of aliphatic hydroxyl groups excluding tert-OH is 1. The van der Waals surface area contributed by atoms with Crippen LogP contribution in [-0.2, 0) is 9.59 Å². The van der Waals surface area contributed by atoms with Crippen molar-refractivity contribution in [3.63, 3.8) is 0 Å². The van der Waals surface area contributed by atoms with E-state index < -0.39 is 17.7 Å². The van der Waals surface area contributed by atoms with Crippen LogP contribution >= 0.6 is 11.6 Å². The molecule has 32 heavy (non-hydrogen) atoms. The zero-order valence-corrected chi connectivity index (χ0v) is 18.2. The van der Waals surface area contributed by atoms with Gasteiger partial charge in [-0.25, -0.2) is 0 Å². The van der Waals surface area contributed by atoms with Crippen molar-refractivity contribution >= 4 is 34.9 Å². The number of methoxy groups -OCH3 is 2. The minimum atomic E-state index is -1.00. The van der Waals surface area contributed by atoms with Crippen molar-refractivity contribution in [2.75, 3.05) is 19.1 Å². The topological polar surface area (TPSA) is 102 Å². The average molecular weight is 455 g/mol. The second-order valence-corrected chi connectivity index (χ2v) is 7.46. The molecule has 0 saturated carbocycles. The molecule has 1 amide bonds. The molecule has 0 aliphatic carbocycles. The maximum Gasteiger partial charge on any atom is 0.301 e. The number of carbonyl (C=O) groups is 2. The third kappa shape index (κ3) is 3.48. The number of amides is 1. The van der Waals surface area contributed by atoms with Gasteiger partial charge in [0.2, 0.25) is 0 Å². The van der Waals surface area contributed by atoms with Crippen molar-refractivity contribution in [2.45, 2.75) is 13.0 Å². The van der Waals surface area contributed by atoms with Gasteiger partial charge < -0.3 is 19.1 Å². The van der Waals surface area contributed by atoms with Crippen LogP contribution in [0.2, 0.25) is 5.02 Å². The number of Topliss-reactive ketones (excluding diaryl/α,β-unsaturated/α-hetero) is 1. The Morgan fingerprint density at radius 1 is 1.09 bits per heavy atom. The number of halogens is 1. The molecule has 1 fully saturated rings. The number of carbonyl (C=O) groups excluding carboxylic acids is 2. The van der Waals surface area contributed by atoms with Gasteiger partial charge in [-0.3, -0.25) is 14.5 Å². The van der Waals surface area contributed by atoms with Gasteiger partial charge in [0, 0.05) is 17.2 Å². The molecule has 9 heteroatoms. The van der Waals surface area contributed by atoms with E-state index in [2.05, 4.69) is 5.16 Å². The summed E-state index contributed by atoms with van der Waals surface area (Å²) in [4.78, 5) is 27.4. The summed E-state index contributed by atoms with van der Waals surface area (Å²) in [6.07, 6.45) is 0. The molecule has 0 radical (unpaired) electrons. The first kappa shape index (κ1) is 21.5. The fraction of sp³-hybridized carbons (Fsp3) is 0.174. The Bertz CT molecular complexity index is 1250. The van der Waals surface area contributed by atoms with Crippen LogP contribution in [0, 0.1) is 6.92 Å². The maximum absolute atomic E-state index is 13.1. The van der Waals surface area contributed by atoms with Crippen molar-refractivity contribution in [1.29, 1.82) is 0 Å². The monoisotopic (exact) mass is 454 g/mol. The van der Waals surface area contributed by atoms with Gasteiger partial charge in [0.1, 0.15) is 29.1 Å². The maximum atomic E-state index is 13.1. The van der Waals surface area contributed by atoms with E-state index in [0.717, 1.165) is 0 Å². The average Bonchev–Trinajstić information content (AvgIpc) is 3.33. The third-order valence-corrected chi connectivity index (χ3v) is 5.46. The van der Waals surface area contributed by atoms with Crippen LogP contribution in [0.5, 0.6) is 11.5 Å². The van der Waals surface area contributed by atoms with Crippen LogP contribution in [0.3, 0.4) is 0 Å². The third-order valence-electron chi connectivity index (χ3n) is 5.17. The summed E-state index contributed by atoms with van der Waals surface area (Å²) in [5.41, 5.74) is 0.627. The Labute approximate surface area is 188 Å². The number of para-hydroxylation sites is 1. The first-order valence-corrected chi connectivity index (χ1v) is 9.96. The van der Waals surface area contributed by atoms with Crippen molar-refractivity contribution in [3.8, 4) is 11.5 Å². The minimum absolute atomic E-state index is 0.124. The molecule has 164 valence electrons. The summed E-state index contributed by atoms with van der Waals surface area (Å²) in [5, 5.41) is 15.3. The molecule has 1 atom stereocenters. The fourth-order valence-electron chi connectivity index (χ4n) is 3.69. The van der Waals surface area contributed by atoms with E-state index in [1.165, 1.54) is 31.3 Å². The standard InChI is InChI=1S/C23H19ClN2O6/c1-12-10-18(25-32-12)26-20(14-6-4-5-7-16(14)30-2)19(22(28)23(26)29)21(27)13-8-9-17(31-3)15(24)11-13/h4-11,20,27H,1-3H3/b21-19+. The van der Waals surface area contributed by atoms with Crippen LogP contribution < -0.4 is 14.4 Å². The van der Waals surface area contributed by atoms with Gasteiger partial charge in [-0.15, -0.1) is 0 Å². The lowest BCUT2D eigenvalue weighted by molar-refractivity contribution is -0.132. The lowest BCUT2D eigenvalue weighted by atomic mass is 9.94. The van der Waals surface area contributed by atoms with Crippen molar-refractivity contribution in [1.82, 2.24) is 5.16 Å². The number of anilines is 1. The largest absolute Gasteiger partial charge is 0.507 e. The van der Waals surface area contributed by atoms with Crippen LogP contribution in [0.15, 0.2) is 58.6 Å². The molecule has 1 aliphatic heterocycles. The summed E-state index contributed by atoms with van der Waals surface area (Å²) in [5.74, 6) is -0.658. The van der Waals surface area contributed by atoms with Gasteiger partial charge in [0.15, 0.2) is 5.82 Å². The molecule has 8 nitrogen and oxygen atoms in total. The van der Waals surface area contributed by atoms with Gasteiger partial charge in [-0.05, 0) is 31.2 Å². The van der Waals surface area contributed by atoms with Crippen molar-refractivity contribution < 1.29 is 28.7 Å². The van der Waals surface area contributed by atoms with Gasteiger partial charge in [-0.2, -0.15) is 0 Å². The highest BCUT2D eigenvalue weighted by atomic mass is 35.5. The summed E-state index contributed by atoms with van der Waals surface area (Å²) in [6, 6.07) is 12.0. The Morgan fingerprint density at radius 3 is 2.44 bits per heavy atom. The number of hydrogen-bond donors (Lipinski definition) is 1. The van der Waals surface area contributed by atoms with E-state index in [-0.39, 0.29) is 27.7 Å². The molecular formula is C23H19ClN2O6. The van der Waals surface area contributed by atoms with Gasteiger partial charge in [0.25, 0.3) is 5.78 Å². The highest BCUT2D eigenvalue weighted by Gasteiger charge is 2.49. The van der Waals surface area contributed by atoms with E-state index >= 15 is 0 Å². The highest BCUT2D eigenvalue weighted by molar-refractivity contribution is 6.51. The van der Waals surface area contributed by atoms with Gasteiger partial charge in [-0.1, -0.05) is 35.0 Å². The van der Waals surface area contributed by atoms with E-state index in [1.54, 1.807) is 43.3 Å². The predicted octanol–water partition coefficient (Wildman–Crippen LogP) is 4.28. The second kappa shape index (κ2) is 8.39. The summed E-state index contributed by atoms with van der Waals surface area (Å²) >= 11 is 6.21. The molecule has 1 aromatic heterocycles. The summed E-state index contributed by atoms with van der Waals surface area (Å²) in [6.45, 7) is 1.67. The Morgan fingerprint density at radius 2 is 1.81 bits per heavy atom. The normalized spacial score (nSPS) is 17.6. The molecule has 4 rings (SSSR count). The lowest BCUT2D eigenvalue weighted by Crippen LogP contribution is -2.29. The number of nitrogens with zero attached hydrogens (tertiary/aromatic N) is 2.